The second-order valence-electron chi connectivity index (χ2n) is 6.90. The number of carbonyl (C=O) groups excluding carboxylic acids is 1. The first-order valence-electron chi connectivity index (χ1n) is 8.94. The van der Waals surface area contributed by atoms with Gasteiger partial charge in [-0.2, -0.15) is 0 Å². The predicted octanol–water partition coefficient (Wildman–Crippen LogP) is 1.18. The molecule has 0 aromatic carbocycles. The number of ether oxygens (including phenoxy) is 1. The lowest BCUT2D eigenvalue weighted by molar-refractivity contribution is -0.144. The largest absolute Gasteiger partial charge is 0.465 e. The molecule has 1 aliphatic rings. The van der Waals surface area contributed by atoms with Crippen molar-refractivity contribution in [3.63, 3.8) is 0 Å². The number of hydrogen-bond donors (Lipinski definition) is 2. The van der Waals surface area contributed by atoms with Gasteiger partial charge in [0.05, 0.1) is 12.6 Å². The molecule has 3 atom stereocenters. The molecule has 2 rings (SSSR count). The van der Waals surface area contributed by atoms with E-state index in [1.165, 1.54) is 17.5 Å². The van der Waals surface area contributed by atoms with Gasteiger partial charge in [-0.05, 0) is 42.5 Å². The Kier molecular flexibility index (Phi) is 7.11. The molecule has 3 N–H and O–H groups in total. The van der Waals surface area contributed by atoms with Crippen LogP contribution in [0.4, 0.5) is 0 Å². The number of nitrogens with zero attached hydrogens (tertiary/aromatic N) is 4. The van der Waals surface area contributed by atoms with Gasteiger partial charge in [0.15, 0.2) is 5.82 Å². The lowest BCUT2D eigenvalue weighted by Gasteiger charge is -2.33. The summed E-state index contributed by atoms with van der Waals surface area (Å²) < 4.78 is 6.54. The molecule has 1 heterocycles. The van der Waals surface area contributed by atoms with E-state index in [1.54, 1.807) is 6.92 Å². The van der Waals surface area contributed by atoms with Crippen LogP contribution in [-0.2, 0) is 16.1 Å². The van der Waals surface area contributed by atoms with E-state index in [0.29, 0.717) is 18.3 Å². The van der Waals surface area contributed by atoms with E-state index in [-0.39, 0.29) is 30.6 Å². The molecule has 0 amide bonds. The monoisotopic (exact) mass is 338 g/mol. The van der Waals surface area contributed by atoms with Gasteiger partial charge in [0.25, 0.3) is 0 Å². The zero-order valence-electron chi connectivity index (χ0n) is 14.9. The maximum atomic E-state index is 11.8. The first kappa shape index (κ1) is 18.8. The van der Waals surface area contributed by atoms with Crippen molar-refractivity contribution in [3.05, 3.63) is 5.82 Å². The molecule has 0 bridgehead atoms. The molecule has 8 heteroatoms. The number of carbonyl (C=O) groups is 1. The van der Waals surface area contributed by atoms with Crippen LogP contribution in [0, 0.1) is 5.92 Å². The van der Waals surface area contributed by atoms with Crippen LogP contribution in [-0.4, -0.2) is 44.9 Å². The molecular weight excluding hydrogens is 308 g/mol. The van der Waals surface area contributed by atoms with Crippen LogP contribution in [0.25, 0.3) is 0 Å². The molecule has 24 heavy (non-hydrogen) atoms. The average Bonchev–Trinajstić information content (AvgIpc) is 2.96. The third kappa shape index (κ3) is 5.24. The van der Waals surface area contributed by atoms with Gasteiger partial charge in [-0.1, -0.05) is 26.7 Å². The second-order valence-corrected chi connectivity index (χ2v) is 6.90. The third-order valence-corrected chi connectivity index (χ3v) is 4.40. The molecule has 1 aliphatic carbocycles. The van der Waals surface area contributed by atoms with Crippen molar-refractivity contribution < 1.29 is 9.53 Å². The minimum Gasteiger partial charge on any atom is -0.465 e. The van der Waals surface area contributed by atoms with Crippen molar-refractivity contribution in [2.45, 2.75) is 77.5 Å². The highest BCUT2D eigenvalue weighted by molar-refractivity contribution is 5.69. The second kappa shape index (κ2) is 9.08. The fourth-order valence-corrected chi connectivity index (χ4v) is 3.25. The Morgan fingerprint density at radius 3 is 2.83 bits per heavy atom. The van der Waals surface area contributed by atoms with Crippen LogP contribution in [0.15, 0.2) is 0 Å². The summed E-state index contributed by atoms with van der Waals surface area (Å²) >= 11 is 0. The zero-order valence-corrected chi connectivity index (χ0v) is 14.9. The minimum absolute atomic E-state index is 0.0245. The van der Waals surface area contributed by atoms with Gasteiger partial charge in [-0.3, -0.25) is 4.79 Å². The number of aromatic nitrogens is 4. The van der Waals surface area contributed by atoms with E-state index >= 15 is 0 Å². The number of nitrogens with one attached hydrogen (secondary N) is 1. The van der Waals surface area contributed by atoms with Gasteiger partial charge >= 0.3 is 5.97 Å². The summed E-state index contributed by atoms with van der Waals surface area (Å²) in [5, 5.41) is 15.5. The Balaban J connectivity index is 2.12. The van der Waals surface area contributed by atoms with Gasteiger partial charge < -0.3 is 15.8 Å². The van der Waals surface area contributed by atoms with Crippen molar-refractivity contribution in [1.29, 1.82) is 0 Å². The Labute approximate surface area is 143 Å². The van der Waals surface area contributed by atoms with E-state index in [0.717, 1.165) is 19.3 Å². The van der Waals surface area contributed by atoms with Crippen LogP contribution in [0.5, 0.6) is 0 Å². The van der Waals surface area contributed by atoms with Crippen molar-refractivity contribution in [1.82, 2.24) is 25.5 Å². The first-order valence-corrected chi connectivity index (χ1v) is 8.94. The molecule has 0 aliphatic heterocycles. The normalized spacial score (nSPS) is 22.5. The van der Waals surface area contributed by atoms with E-state index in [1.807, 2.05) is 0 Å². The maximum absolute atomic E-state index is 11.8. The lowest BCUT2D eigenvalue weighted by atomic mass is 9.89. The fraction of sp³-hybridized carbons (Fsp3) is 0.875. The summed E-state index contributed by atoms with van der Waals surface area (Å²) in [7, 11) is 0. The van der Waals surface area contributed by atoms with Crippen molar-refractivity contribution in [3.8, 4) is 0 Å². The highest BCUT2D eigenvalue weighted by Gasteiger charge is 2.28. The highest BCUT2D eigenvalue weighted by Crippen LogP contribution is 2.24. The van der Waals surface area contributed by atoms with Gasteiger partial charge in [-0.15, -0.1) is 5.10 Å². The molecule has 1 fully saturated rings. The Morgan fingerprint density at radius 2 is 2.17 bits per heavy atom. The number of tetrazole rings is 1. The molecule has 8 nitrogen and oxygen atoms in total. The van der Waals surface area contributed by atoms with Crippen LogP contribution >= 0.6 is 0 Å². The van der Waals surface area contributed by atoms with E-state index in [2.05, 4.69) is 34.7 Å². The van der Waals surface area contributed by atoms with Crippen molar-refractivity contribution >= 4 is 5.97 Å². The molecule has 136 valence electrons. The molecule has 3 unspecified atom stereocenters. The zero-order chi connectivity index (χ0) is 17.5. The van der Waals surface area contributed by atoms with Crippen LogP contribution < -0.4 is 11.1 Å². The summed E-state index contributed by atoms with van der Waals surface area (Å²) in [5.74, 6) is 0.813. The molecular formula is C16H30N6O2. The fourth-order valence-electron chi connectivity index (χ4n) is 3.25. The predicted molar refractivity (Wildman–Crippen MR) is 90.0 cm³/mol. The van der Waals surface area contributed by atoms with E-state index in [4.69, 9.17) is 10.5 Å². The number of nitrogens with two attached hydrogens (primary N) is 1. The Morgan fingerprint density at radius 1 is 1.42 bits per heavy atom. The summed E-state index contributed by atoms with van der Waals surface area (Å²) in [6.07, 6.45) is 5.36. The number of rotatable bonds is 8. The Hall–Kier alpha value is -1.54. The average molecular weight is 338 g/mol. The van der Waals surface area contributed by atoms with E-state index in [9.17, 15) is 4.79 Å². The SMILES string of the molecule is CCOC(=O)Cn1nnnc1C(CC(C)C)NC1CCCCC1N. The Bertz CT molecular complexity index is 518. The summed E-state index contributed by atoms with van der Waals surface area (Å²) in [5.41, 5.74) is 6.27. The highest BCUT2D eigenvalue weighted by atomic mass is 16.5. The minimum atomic E-state index is -0.330. The summed E-state index contributed by atoms with van der Waals surface area (Å²) in [4.78, 5) is 11.8. The van der Waals surface area contributed by atoms with Gasteiger partial charge in [0.1, 0.15) is 6.54 Å². The molecule has 0 spiro atoms. The molecule has 1 aromatic rings. The van der Waals surface area contributed by atoms with Gasteiger partial charge in [-0.25, -0.2) is 4.68 Å². The molecule has 0 saturated heterocycles. The number of hydrogen-bond acceptors (Lipinski definition) is 7. The lowest BCUT2D eigenvalue weighted by Crippen LogP contribution is -2.49. The third-order valence-electron chi connectivity index (χ3n) is 4.40. The number of esters is 1. The van der Waals surface area contributed by atoms with Crippen LogP contribution in [0.1, 0.15) is 64.7 Å². The molecule has 0 radical (unpaired) electrons. The van der Waals surface area contributed by atoms with Crippen LogP contribution in [0.2, 0.25) is 0 Å². The summed E-state index contributed by atoms with van der Waals surface area (Å²) in [6.45, 7) is 6.49. The van der Waals surface area contributed by atoms with Crippen molar-refractivity contribution in [2.24, 2.45) is 11.7 Å². The topological polar surface area (TPSA) is 108 Å². The van der Waals surface area contributed by atoms with E-state index < -0.39 is 0 Å². The van der Waals surface area contributed by atoms with Crippen molar-refractivity contribution in [2.75, 3.05) is 6.61 Å². The standard InChI is InChI=1S/C16H30N6O2/c1-4-24-15(23)10-22-16(19-20-21-22)14(9-11(2)3)18-13-8-6-5-7-12(13)17/h11-14,18H,4-10,17H2,1-3H3. The van der Waals surface area contributed by atoms with Gasteiger partial charge in [0, 0.05) is 12.1 Å². The quantitative estimate of drug-likeness (QED) is 0.685. The smallest absolute Gasteiger partial charge is 0.327 e. The first-order chi connectivity index (χ1) is 11.5. The summed E-state index contributed by atoms with van der Waals surface area (Å²) in [6, 6.07) is 0.390. The molecule has 1 saturated carbocycles. The van der Waals surface area contributed by atoms with Gasteiger partial charge in [0.2, 0.25) is 0 Å². The molecule has 1 aromatic heterocycles. The van der Waals surface area contributed by atoms with Crippen LogP contribution in [0.3, 0.4) is 0 Å². The maximum Gasteiger partial charge on any atom is 0.327 e.